The topological polar surface area (TPSA) is 0 Å². The van der Waals surface area contributed by atoms with Gasteiger partial charge in [-0.3, -0.25) is 0 Å². The van der Waals surface area contributed by atoms with Crippen molar-refractivity contribution in [3.05, 3.63) is 39.2 Å². The van der Waals surface area contributed by atoms with Crippen molar-refractivity contribution in [2.45, 2.75) is 18.2 Å². The van der Waals surface area contributed by atoms with Crippen molar-refractivity contribution in [3.63, 3.8) is 0 Å². The van der Waals surface area contributed by atoms with E-state index in [1.54, 1.807) is 11.8 Å². The lowest BCUT2D eigenvalue weighted by atomic mass is 10.0. The van der Waals surface area contributed by atoms with Gasteiger partial charge in [-0.25, -0.2) is 0 Å². The minimum Gasteiger partial charge on any atom is -0.129 e. The maximum atomic E-state index is 12.6. The standard InChI is InChI=1S/C12H12BrF5S2/c1-8-12(13)10(7-19-8)6-9-2-4-11(5-3-9)20(14,15,16,17)18/h2-5,10H,6-7H2,1H3. The highest BCUT2D eigenvalue weighted by Gasteiger charge is 2.65. The fourth-order valence-corrected chi connectivity index (χ4v) is 4.54. The van der Waals surface area contributed by atoms with E-state index in [-0.39, 0.29) is 5.92 Å². The van der Waals surface area contributed by atoms with Crippen LogP contribution in [-0.4, -0.2) is 5.75 Å². The van der Waals surface area contributed by atoms with Crippen molar-refractivity contribution >= 4 is 37.9 Å². The third-order valence-electron chi connectivity index (χ3n) is 3.05. The van der Waals surface area contributed by atoms with Gasteiger partial charge in [0.15, 0.2) is 0 Å². The lowest BCUT2D eigenvalue weighted by molar-refractivity contribution is 0.364. The SMILES string of the molecule is CC1=C(Br)C(Cc2ccc(S(F)(F)(F)(F)F)cc2)CS1. The summed E-state index contributed by atoms with van der Waals surface area (Å²) in [6.45, 7) is 1.96. The van der Waals surface area contributed by atoms with Crippen LogP contribution in [0.5, 0.6) is 0 Å². The van der Waals surface area contributed by atoms with Crippen LogP contribution in [0.3, 0.4) is 0 Å². The molecule has 1 unspecified atom stereocenters. The normalized spacial score (nSPS) is 23.6. The Morgan fingerprint density at radius 2 is 1.70 bits per heavy atom. The molecule has 2 rings (SSSR count). The number of hydrogen-bond donors (Lipinski definition) is 0. The van der Waals surface area contributed by atoms with Crippen molar-refractivity contribution in [1.29, 1.82) is 0 Å². The summed E-state index contributed by atoms with van der Waals surface area (Å²) in [5.74, 6) is 1.03. The van der Waals surface area contributed by atoms with Crippen molar-refractivity contribution in [3.8, 4) is 0 Å². The second kappa shape index (κ2) is 4.39. The zero-order valence-corrected chi connectivity index (χ0v) is 13.6. The molecule has 0 saturated heterocycles. The quantitative estimate of drug-likeness (QED) is 0.503. The van der Waals surface area contributed by atoms with Gasteiger partial charge in [0.25, 0.3) is 0 Å². The van der Waals surface area contributed by atoms with Crippen LogP contribution >= 0.6 is 37.9 Å². The van der Waals surface area contributed by atoms with E-state index in [2.05, 4.69) is 15.9 Å². The number of halogens is 6. The van der Waals surface area contributed by atoms with Crippen LogP contribution in [0, 0.1) is 5.92 Å². The molecule has 0 aliphatic carbocycles. The average molecular weight is 395 g/mol. The second-order valence-electron chi connectivity index (χ2n) is 4.73. The molecular formula is C12H12BrF5S2. The van der Waals surface area contributed by atoms with Gasteiger partial charge in [0.05, 0.1) is 0 Å². The Hall–Kier alpha value is -0.210. The molecule has 1 heterocycles. The summed E-state index contributed by atoms with van der Waals surface area (Å²) < 4.78 is 63.9. The Kier molecular flexibility index (Phi) is 3.55. The van der Waals surface area contributed by atoms with E-state index in [9.17, 15) is 19.4 Å². The monoisotopic (exact) mass is 394 g/mol. The van der Waals surface area contributed by atoms with Gasteiger partial charge < -0.3 is 0 Å². The first-order valence-corrected chi connectivity index (χ1v) is 9.42. The Bertz CT molecular complexity index is 562. The fraction of sp³-hybridized carbons (Fsp3) is 0.333. The molecule has 0 saturated carbocycles. The first-order valence-electron chi connectivity index (χ1n) is 5.69. The molecule has 0 aromatic heterocycles. The highest BCUT2D eigenvalue weighted by Crippen LogP contribution is 3.02. The summed E-state index contributed by atoms with van der Waals surface area (Å²) in [7, 11) is -9.55. The zero-order valence-electron chi connectivity index (χ0n) is 10.4. The maximum Gasteiger partial charge on any atom is 0.310 e. The molecule has 0 fully saturated rings. The average Bonchev–Trinajstić information content (AvgIpc) is 2.59. The summed E-state index contributed by atoms with van der Waals surface area (Å²) in [6, 6.07) is 3.21. The third kappa shape index (κ3) is 3.71. The summed E-state index contributed by atoms with van der Waals surface area (Å²) in [5, 5.41) is 0. The molecule has 20 heavy (non-hydrogen) atoms. The van der Waals surface area contributed by atoms with Crippen molar-refractivity contribution in [2.24, 2.45) is 5.92 Å². The second-order valence-corrected chi connectivity index (χ2v) is 9.23. The van der Waals surface area contributed by atoms with E-state index in [0.717, 1.165) is 27.3 Å². The molecule has 0 radical (unpaired) electrons. The van der Waals surface area contributed by atoms with Crippen LogP contribution in [0.15, 0.2) is 38.5 Å². The van der Waals surface area contributed by atoms with Gasteiger partial charge in [-0.1, -0.05) is 47.5 Å². The van der Waals surface area contributed by atoms with E-state index in [1.807, 2.05) is 6.92 Å². The highest BCUT2D eigenvalue weighted by molar-refractivity contribution is 9.11. The van der Waals surface area contributed by atoms with Crippen LogP contribution in [0.25, 0.3) is 0 Å². The highest BCUT2D eigenvalue weighted by atomic mass is 79.9. The molecule has 1 aromatic rings. The fourth-order valence-electron chi connectivity index (χ4n) is 1.97. The molecule has 1 aliphatic heterocycles. The van der Waals surface area contributed by atoms with Crippen molar-refractivity contribution in [2.75, 3.05) is 5.75 Å². The van der Waals surface area contributed by atoms with Gasteiger partial charge in [0.2, 0.25) is 0 Å². The molecule has 8 heteroatoms. The molecule has 0 nitrogen and oxygen atoms in total. The van der Waals surface area contributed by atoms with Crippen molar-refractivity contribution < 1.29 is 19.4 Å². The molecular weight excluding hydrogens is 383 g/mol. The minimum atomic E-state index is -9.55. The number of thioether (sulfide) groups is 1. The van der Waals surface area contributed by atoms with Gasteiger partial charge in [-0.2, -0.15) is 0 Å². The van der Waals surface area contributed by atoms with Gasteiger partial charge in [0.1, 0.15) is 4.90 Å². The molecule has 0 spiro atoms. The van der Waals surface area contributed by atoms with Gasteiger partial charge >= 0.3 is 10.2 Å². The molecule has 0 N–H and O–H groups in total. The number of hydrogen-bond acceptors (Lipinski definition) is 1. The summed E-state index contributed by atoms with van der Waals surface area (Å²) in [6.07, 6.45) is 0.533. The van der Waals surface area contributed by atoms with E-state index < -0.39 is 15.1 Å². The van der Waals surface area contributed by atoms with Crippen LogP contribution in [-0.2, 0) is 6.42 Å². The Morgan fingerprint density at radius 3 is 2.10 bits per heavy atom. The summed E-state index contributed by atoms with van der Waals surface area (Å²) in [5.41, 5.74) is 0.618. The Morgan fingerprint density at radius 1 is 1.15 bits per heavy atom. The lowest BCUT2D eigenvalue weighted by Gasteiger charge is -2.40. The van der Waals surface area contributed by atoms with Crippen LogP contribution in [0.1, 0.15) is 12.5 Å². The molecule has 0 amide bonds. The first-order chi connectivity index (χ1) is 8.86. The maximum absolute atomic E-state index is 12.6. The number of allylic oxidation sites excluding steroid dienone is 2. The van der Waals surface area contributed by atoms with Gasteiger partial charge in [-0.05, 0) is 35.9 Å². The molecule has 1 aliphatic rings. The lowest BCUT2D eigenvalue weighted by Crippen LogP contribution is -2.07. The molecule has 1 aromatic carbocycles. The smallest absolute Gasteiger partial charge is 0.129 e. The van der Waals surface area contributed by atoms with Crippen LogP contribution in [0.4, 0.5) is 19.4 Å². The largest absolute Gasteiger partial charge is 0.310 e. The van der Waals surface area contributed by atoms with Crippen LogP contribution < -0.4 is 0 Å². The minimum absolute atomic E-state index is 0.186. The Labute approximate surface area is 126 Å². The number of benzene rings is 1. The van der Waals surface area contributed by atoms with Crippen LogP contribution in [0.2, 0.25) is 0 Å². The Balaban J connectivity index is 2.19. The van der Waals surface area contributed by atoms with E-state index in [0.29, 0.717) is 24.1 Å². The predicted molar refractivity (Wildman–Crippen MR) is 79.1 cm³/mol. The van der Waals surface area contributed by atoms with Crippen molar-refractivity contribution in [1.82, 2.24) is 0 Å². The predicted octanol–water partition coefficient (Wildman–Crippen LogP) is 6.88. The zero-order chi connectivity index (χ0) is 15.2. The van der Waals surface area contributed by atoms with Gasteiger partial charge in [0, 0.05) is 16.2 Å². The first kappa shape index (κ1) is 16.2. The molecule has 0 bridgehead atoms. The summed E-state index contributed by atoms with van der Waals surface area (Å²) >= 11 is 5.13. The molecule has 114 valence electrons. The number of rotatable bonds is 3. The third-order valence-corrected chi connectivity index (χ3v) is 6.94. The van der Waals surface area contributed by atoms with E-state index >= 15 is 0 Å². The summed E-state index contributed by atoms with van der Waals surface area (Å²) in [4.78, 5) is -0.682. The molecule has 1 atom stereocenters. The van der Waals surface area contributed by atoms with E-state index in [4.69, 9.17) is 0 Å². The van der Waals surface area contributed by atoms with E-state index in [1.165, 1.54) is 0 Å². The van der Waals surface area contributed by atoms with Gasteiger partial charge in [-0.15, -0.1) is 11.8 Å².